The maximum Gasteiger partial charge on any atom is 0.213 e. The second kappa shape index (κ2) is 5.82. The number of anilines is 2. The van der Waals surface area contributed by atoms with Gasteiger partial charge in [0.05, 0.1) is 19.0 Å². The average Bonchev–Trinajstić information content (AvgIpc) is 2.53. The fourth-order valence-corrected chi connectivity index (χ4v) is 2.53. The van der Waals surface area contributed by atoms with Crippen LogP contribution < -0.4 is 15.4 Å². The number of aryl methyl sites for hydroxylation is 1. The van der Waals surface area contributed by atoms with Gasteiger partial charge in [0.2, 0.25) is 5.88 Å². The van der Waals surface area contributed by atoms with Crippen molar-refractivity contribution in [3.63, 3.8) is 0 Å². The summed E-state index contributed by atoms with van der Waals surface area (Å²) in [6.07, 6.45) is 4.17. The van der Waals surface area contributed by atoms with E-state index in [-0.39, 0.29) is 0 Å². The number of rotatable bonds is 4. The lowest BCUT2D eigenvalue weighted by Crippen LogP contribution is -2.15. The summed E-state index contributed by atoms with van der Waals surface area (Å²) in [5.74, 6) is 0.634. The predicted octanol–water partition coefficient (Wildman–Crippen LogP) is 3.06. The Balaban J connectivity index is 1.71. The topological polar surface area (TPSA) is 46.2 Å². The van der Waals surface area contributed by atoms with E-state index in [1.54, 1.807) is 13.3 Å². The minimum Gasteiger partial charge on any atom is -0.481 e. The first-order valence-electron chi connectivity index (χ1n) is 6.95. The number of aromatic nitrogens is 1. The Morgan fingerprint density at radius 1 is 1.30 bits per heavy atom. The van der Waals surface area contributed by atoms with Crippen molar-refractivity contribution in [2.75, 3.05) is 24.3 Å². The zero-order valence-electron chi connectivity index (χ0n) is 11.6. The molecular formula is C16H19N3O. The van der Waals surface area contributed by atoms with Crippen LogP contribution in [0.5, 0.6) is 5.88 Å². The Morgan fingerprint density at radius 3 is 3.05 bits per heavy atom. The number of nitrogens with one attached hydrogen (secondary N) is 2. The molecule has 0 spiro atoms. The van der Waals surface area contributed by atoms with Gasteiger partial charge in [0.1, 0.15) is 0 Å². The normalized spacial score (nSPS) is 13.2. The van der Waals surface area contributed by atoms with Gasteiger partial charge in [-0.25, -0.2) is 4.98 Å². The third-order valence-electron chi connectivity index (χ3n) is 3.59. The highest BCUT2D eigenvalue weighted by atomic mass is 16.5. The van der Waals surface area contributed by atoms with Gasteiger partial charge in [0.25, 0.3) is 0 Å². The fourth-order valence-electron chi connectivity index (χ4n) is 2.53. The van der Waals surface area contributed by atoms with Crippen molar-refractivity contribution >= 4 is 11.4 Å². The molecule has 0 saturated carbocycles. The van der Waals surface area contributed by atoms with E-state index in [4.69, 9.17) is 4.74 Å². The van der Waals surface area contributed by atoms with Crippen LogP contribution in [0.2, 0.25) is 0 Å². The van der Waals surface area contributed by atoms with Crippen LogP contribution in [0.4, 0.5) is 11.4 Å². The molecule has 0 radical (unpaired) electrons. The molecule has 0 atom stereocenters. The number of methoxy groups -OCH3 is 1. The molecule has 2 aromatic rings. The lowest BCUT2D eigenvalue weighted by Gasteiger charge is -2.21. The summed E-state index contributed by atoms with van der Waals surface area (Å²) in [4.78, 5) is 4.20. The number of hydrogen-bond acceptors (Lipinski definition) is 4. The number of hydrogen-bond donors (Lipinski definition) is 2. The van der Waals surface area contributed by atoms with Crippen LogP contribution in [-0.2, 0) is 13.0 Å². The third kappa shape index (κ3) is 2.69. The number of ether oxygens (including phenoxy) is 1. The van der Waals surface area contributed by atoms with Gasteiger partial charge in [-0.1, -0.05) is 18.2 Å². The second-order valence-electron chi connectivity index (χ2n) is 4.92. The first kappa shape index (κ1) is 12.8. The molecule has 2 N–H and O–H groups in total. The van der Waals surface area contributed by atoms with E-state index >= 15 is 0 Å². The van der Waals surface area contributed by atoms with Crippen molar-refractivity contribution in [2.45, 2.75) is 19.4 Å². The zero-order chi connectivity index (χ0) is 13.8. The third-order valence-corrected chi connectivity index (χ3v) is 3.59. The maximum atomic E-state index is 5.06. The van der Waals surface area contributed by atoms with Crippen molar-refractivity contribution < 1.29 is 4.74 Å². The monoisotopic (exact) mass is 269 g/mol. The molecule has 3 rings (SSSR count). The standard InChI is InChI=1S/C16H19N3O/c1-20-15-8-7-14(11-19-15)18-10-13-5-2-4-12-6-3-9-17-16(12)13/h2,4-5,7-8,11,17-18H,3,6,9-10H2,1H3. The van der Waals surface area contributed by atoms with Crippen LogP contribution >= 0.6 is 0 Å². The Hall–Kier alpha value is -2.23. The first-order chi connectivity index (χ1) is 9.86. The predicted molar refractivity (Wildman–Crippen MR) is 81.4 cm³/mol. The second-order valence-corrected chi connectivity index (χ2v) is 4.92. The summed E-state index contributed by atoms with van der Waals surface area (Å²) in [5, 5.41) is 6.91. The van der Waals surface area contributed by atoms with E-state index in [0.29, 0.717) is 5.88 Å². The average molecular weight is 269 g/mol. The minimum atomic E-state index is 0.634. The molecule has 0 unspecified atom stereocenters. The van der Waals surface area contributed by atoms with Crippen molar-refractivity contribution in [2.24, 2.45) is 0 Å². The number of pyridine rings is 1. The van der Waals surface area contributed by atoms with Gasteiger partial charge in [-0.05, 0) is 30.0 Å². The van der Waals surface area contributed by atoms with Crippen LogP contribution in [0.3, 0.4) is 0 Å². The van der Waals surface area contributed by atoms with Gasteiger partial charge in [0.15, 0.2) is 0 Å². The van der Waals surface area contributed by atoms with Crippen molar-refractivity contribution in [1.82, 2.24) is 4.98 Å². The molecule has 1 aromatic carbocycles. The quantitative estimate of drug-likeness (QED) is 0.895. The lowest BCUT2D eigenvalue weighted by atomic mass is 9.99. The summed E-state index contributed by atoms with van der Waals surface area (Å²) in [7, 11) is 1.62. The van der Waals surface area contributed by atoms with E-state index in [1.165, 1.54) is 29.7 Å². The highest BCUT2D eigenvalue weighted by Gasteiger charge is 2.11. The van der Waals surface area contributed by atoms with Crippen LogP contribution in [-0.4, -0.2) is 18.6 Å². The summed E-state index contributed by atoms with van der Waals surface area (Å²) >= 11 is 0. The van der Waals surface area contributed by atoms with Crippen molar-refractivity contribution in [3.05, 3.63) is 47.7 Å². The summed E-state index contributed by atoms with van der Waals surface area (Å²) in [6, 6.07) is 10.4. The molecule has 20 heavy (non-hydrogen) atoms. The maximum absolute atomic E-state index is 5.06. The zero-order valence-corrected chi connectivity index (χ0v) is 11.6. The van der Waals surface area contributed by atoms with Crippen LogP contribution in [0.1, 0.15) is 17.5 Å². The number of fused-ring (bicyclic) bond motifs is 1. The smallest absolute Gasteiger partial charge is 0.213 e. The van der Waals surface area contributed by atoms with E-state index in [9.17, 15) is 0 Å². The molecule has 0 fully saturated rings. The van der Waals surface area contributed by atoms with Gasteiger partial charge in [0, 0.05) is 24.8 Å². The number of nitrogens with zero attached hydrogens (tertiary/aromatic N) is 1. The van der Waals surface area contributed by atoms with E-state index < -0.39 is 0 Å². The molecule has 2 heterocycles. The molecule has 1 aliphatic heterocycles. The molecule has 4 heteroatoms. The lowest BCUT2D eigenvalue weighted by molar-refractivity contribution is 0.398. The van der Waals surface area contributed by atoms with E-state index in [1.807, 2.05) is 12.1 Å². The Morgan fingerprint density at radius 2 is 2.25 bits per heavy atom. The molecule has 104 valence electrons. The fraction of sp³-hybridized carbons (Fsp3) is 0.312. The Bertz CT molecular complexity index is 581. The van der Waals surface area contributed by atoms with Crippen molar-refractivity contribution in [3.8, 4) is 5.88 Å². The SMILES string of the molecule is COc1ccc(NCc2cccc3c2NCCC3)cn1. The minimum absolute atomic E-state index is 0.634. The molecular weight excluding hydrogens is 250 g/mol. The molecule has 0 aliphatic carbocycles. The highest BCUT2D eigenvalue weighted by molar-refractivity contribution is 5.60. The van der Waals surface area contributed by atoms with Gasteiger partial charge < -0.3 is 15.4 Å². The van der Waals surface area contributed by atoms with Crippen LogP contribution in [0.15, 0.2) is 36.5 Å². The number of benzene rings is 1. The van der Waals surface area contributed by atoms with Crippen molar-refractivity contribution in [1.29, 1.82) is 0 Å². The largest absolute Gasteiger partial charge is 0.481 e. The van der Waals surface area contributed by atoms with Gasteiger partial charge >= 0.3 is 0 Å². The van der Waals surface area contributed by atoms with Gasteiger partial charge in [-0.15, -0.1) is 0 Å². The van der Waals surface area contributed by atoms with E-state index in [2.05, 4.69) is 33.8 Å². The van der Waals surface area contributed by atoms with Crippen LogP contribution in [0, 0.1) is 0 Å². The molecule has 0 bridgehead atoms. The summed E-state index contributed by atoms with van der Waals surface area (Å²) in [6.45, 7) is 1.86. The van der Waals surface area contributed by atoms with E-state index in [0.717, 1.165) is 18.8 Å². The Labute approximate surface area is 119 Å². The Kier molecular flexibility index (Phi) is 3.72. The summed E-state index contributed by atoms with van der Waals surface area (Å²) in [5.41, 5.74) is 5.02. The molecule has 1 aromatic heterocycles. The van der Waals surface area contributed by atoms with Gasteiger partial charge in [-0.3, -0.25) is 0 Å². The first-order valence-corrected chi connectivity index (χ1v) is 6.95. The van der Waals surface area contributed by atoms with Crippen LogP contribution in [0.25, 0.3) is 0 Å². The number of para-hydroxylation sites is 1. The molecule has 4 nitrogen and oxygen atoms in total. The molecule has 1 aliphatic rings. The van der Waals surface area contributed by atoms with Gasteiger partial charge in [-0.2, -0.15) is 0 Å². The summed E-state index contributed by atoms with van der Waals surface area (Å²) < 4.78 is 5.06. The molecule has 0 saturated heterocycles. The highest BCUT2D eigenvalue weighted by Crippen LogP contribution is 2.26. The molecule has 0 amide bonds.